The Morgan fingerprint density at radius 2 is 1.60 bits per heavy atom. The predicted molar refractivity (Wildman–Crippen MR) is 95.4 cm³/mol. The van der Waals surface area contributed by atoms with Crippen LogP contribution >= 0.6 is 0 Å². The molecule has 0 aromatic rings. The van der Waals surface area contributed by atoms with Crippen LogP contribution in [0.3, 0.4) is 0 Å². The van der Waals surface area contributed by atoms with Crippen molar-refractivity contribution >= 4 is 17.7 Å². The van der Waals surface area contributed by atoms with Crippen LogP contribution in [-0.2, 0) is 14.4 Å². The van der Waals surface area contributed by atoms with Crippen molar-refractivity contribution in [3.05, 3.63) is 12.2 Å². The highest BCUT2D eigenvalue weighted by Gasteiger charge is 2.51. The average molecular weight is 346 g/mol. The lowest BCUT2D eigenvalue weighted by Gasteiger charge is -2.36. The van der Waals surface area contributed by atoms with E-state index in [1.54, 1.807) is 0 Å². The van der Waals surface area contributed by atoms with Gasteiger partial charge in [0.25, 0.3) is 0 Å². The lowest BCUT2D eigenvalue weighted by molar-refractivity contribution is -0.153. The van der Waals surface area contributed by atoms with Crippen LogP contribution < -0.4 is 0 Å². The number of hydrogen-bond acceptors (Lipinski definition) is 3. The molecule has 0 unspecified atom stereocenters. The highest BCUT2D eigenvalue weighted by atomic mass is 16.2. The summed E-state index contributed by atoms with van der Waals surface area (Å²) in [5.74, 6) is 0.0552. The predicted octanol–water partition coefficient (Wildman–Crippen LogP) is 2.61. The molecule has 3 aliphatic rings. The zero-order chi connectivity index (χ0) is 18.1. The Labute approximate surface area is 150 Å². The number of hydrogen-bond donors (Lipinski definition) is 0. The van der Waals surface area contributed by atoms with Gasteiger partial charge in [-0.15, -0.1) is 0 Å². The molecular formula is C20H30N2O3. The van der Waals surface area contributed by atoms with E-state index in [-0.39, 0.29) is 35.5 Å². The molecule has 3 rings (SSSR count). The number of rotatable bonds is 4. The van der Waals surface area contributed by atoms with Crippen molar-refractivity contribution in [2.75, 3.05) is 13.1 Å². The topological polar surface area (TPSA) is 57.7 Å². The average Bonchev–Trinajstić information content (AvgIpc) is 2.84. The fourth-order valence-corrected chi connectivity index (χ4v) is 4.34. The molecule has 1 aliphatic carbocycles. The lowest BCUT2D eigenvalue weighted by Crippen LogP contribution is -2.53. The smallest absolute Gasteiger partial charge is 0.245 e. The van der Waals surface area contributed by atoms with Crippen molar-refractivity contribution in [3.8, 4) is 0 Å². The third-order valence-electron chi connectivity index (χ3n) is 5.93. The summed E-state index contributed by atoms with van der Waals surface area (Å²) in [5.41, 5.74) is 0. The quantitative estimate of drug-likeness (QED) is 0.581. The zero-order valence-electron chi connectivity index (χ0n) is 15.6. The van der Waals surface area contributed by atoms with Crippen LogP contribution in [0.4, 0.5) is 0 Å². The van der Waals surface area contributed by atoms with Crippen molar-refractivity contribution in [2.45, 2.75) is 58.9 Å². The van der Waals surface area contributed by atoms with Gasteiger partial charge in [0.05, 0.1) is 11.8 Å². The lowest BCUT2D eigenvalue weighted by atomic mass is 9.85. The van der Waals surface area contributed by atoms with E-state index in [0.717, 1.165) is 25.9 Å². The molecule has 0 N–H and O–H groups in total. The third kappa shape index (κ3) is 3.51. The van der Waals surface area contributed by atoms with E-state index in [9.17, 15) is 14.4 Å². The van der Waals surface area contributed by atoms with Gasteiger partial charge in [0, 0.05) is 13.1 Å². The highest BCUT2D eigenvalue weighted by Crippen LogP contribution is 2.37. The molecule has 2 fully saturated rings. The molecule has 3 atom stereocenters. The van der Waals surface area contributed by atoms with Gasteiger partial charge in [0.2, 0.25) is 17.7 Å². The second-order valence-corrected chi connectivity index (χ2v) is 8.36. The SMILES string of the molecule is CC(C)C[C@H](C(=O)N1CCC(C)CC1)N1C(=O)[C@H]2CC=CC[C@@H]2C1=O. The standard InChI is InChI=1S/C20H30N2O3/c1-13(2)12-17(20(25)21-10-8-14(3)9-11-21)22-18(23)15-6-4-5-7-16(15)19(22)24/h4-5,13-17H,6-12H2,1-3H3/t15-,16-,17+/m0/s1. The molecule has 138 valence electrons. The van der Waals surface area contributed by atoms with Gasteiger partial charge in [-0.25, -0.2) is 0 Å². The van der Waals surface area contributed by atoms with Crippen LogP contribution in [0, 0.1) is 23.7 Å². The Bertz CT molecular complexity index is 549. The first kappa shape index (κ1) is 18.2. The molecule has 2 aliphatic heterocycles. The van der Waals surface area contributed by atoms with Crippen molar-refractivity contribution in [1.29, 1.82) is 0 Å². The molecule has 0 spiro atoms. The molecule has 0 aromatic heterocycles. The van der Waals surface area contributed by atoms with Crippen molar-refractivity contribution < 1.29 is 14.4 Å². The van der Waals surface area contributed by atoms with E-state index >= 15 is 0 Å². The Morgan fingerprint density at radius 1 is 1.08 bits per heavy atom. The minimum atomic E-state index is -0.626. The number of fused-ring (bicyclic) bond motifs is 1. The number of amides is 3. The van der Waals surface area contributed by atoms with E-state index in [2.05, 4.69) is 6.92 Å². The largest absolute Gasteiger partial charge is 0.341 e. The first-order valence-corrected chi connectivity index (χ1v) is 9.70. The maximum absolute atomic E-state index is 13.2. The minimum absolute atomic E-state index is 0.0334. The van der Waals surface area contributed by atoms with Crippen molar-refractivity contribution in [2.24, 2.45) is 23.7 Å². The first-order valence-electron chi connectivity index (χ1n) is 9.70. The Kier molecular flexibility index (Phi) is 5.30. The molecule has 0 aromatic carbocycles. The molecule has 2 heterocycles. The number of nitrogens with zero attached hydrogens (tertiary/aromatic N) is 2. The van der Waals surface area contributed by atoms with Gasteiger partial charge in [0.1, 0.15) is 6.04 Å². The summed E-state index contributed by atoms with van der Waals surface area (Å²) >= 11 is 0. The van der Waals surface area contributed by atoms with Gasteiger partial charge in [-0.1, -0.05) is 32.9 Å². The summed E-state index contributed by atoms with van der Waals surface area (Å²) < 4.78 is 0. The number of carbonyl (C=O) groups is 3. The molecule has 0 saturated carbocycles. The maximum Gasteiger partial charge on any atom is 0.245 e. The van der Waals surface area contributed by atoms with Crippen LogP contribution in [0.15, 0.2) is 12.2 Å². The molecule has 0 bridgehead atoms. The van der Waals surface area contributed by atoms with Gasteiger partial charge < -0.3 is 4.90 Å². The second kappa shape index (κ2) is 7.30. The summed E-state index contributed by atoms with van der Waals surface area (Å²) in [6.45, 7) is 7.76. The normalized spacial score (nSPS) is 28.6. The Hall–Kier alpha value is -1.65. The van der Waals surface area contributed by atoms with E-state index in [0.29, 0.717) is 25.2 Å². The van der Waals surface area contributed by atoms with E-state index < -0.39 is 6.04 Å². The summed E-state index contributed by atoms with van der Waals surface area (Å²) in [6, 6.07) is -0.626. The van der Waals surface area contributed by atoms with E-state index in [1.807, 2.05) is 30.9 Å². The van der Waals surface area contributed by atoms with Crippen LogP contribution in [0.1, 0.15) is 52.9 Å². The Balaban J connectivity index is 1.82. The molecule has 5 nitrogen and oxygen atoms in total. The fraction of sp³-hybridized carbons (Fsp3) is 0.750. The van der Waals surface area contributed by atoms with Crippen LogP contribution in [0.5, 0.6) is 0 Å². The molecule has 2 saturated heterocycles. The van der Waals surface area contributed by atoms with Crippen LogP contribution in [0.2, 0.25) is 0 Å². The summed E-state index contributed by atoms with van der Waals surface area (Å²) in [4.78, 5) is 42.2. The van der Waals surface area contributed by atoms with Gasteiger partial charge in [-0.05, 0) is 43.9 Å². The zero-order valence-corrected chi connectivity index (χ0v) is 15.6. The molecule has 25 heavy (non-hydrogen) atoms. The molecule has 0 radical (unpaired) electrons. The molecule has 3 amide bonds. The summed E-state index contributed by atoms with van der Waals surface area (Å²) in [6.07, 6.45) is 7.76. The third-order valence-corrected chi connectivity index (χ3v) is 5.93. The molecular weight excluding hydrogens is 316 g/mol. The Morgan fingerprint density at radius 3 is 2.08 bits per heavy atom. The van der Waals surface area contributed by atoms with E-state index in [1.165, 1.54) is 4.90 Å². The second-order valence-electron chi connectivity index (χ2n) is 8.36. The number of piperidine rings is 1. The number of carbonyl (C=O) groups excluding carboxylic acids is 3. The maximum atomic E-state index is 13.2. The number of likely N-dealkylation sites (tertiary alicyclic amines) is 2. The number of imide groups is 1. The molecule has 5 heteroatoms. The number of allylic oxidation sites excluding steroid dienone is 2. The highest BCUT2D eigenvalue weighted by molar-refractivity contribution is 6.08. The van der Waals surface area contributed by atoms with Crippen LogP contribution in [0.25, 0.3) is 0 Å². The summed E-state index contributed by atoms with van der Waals surface area (Å²) in [7, 11) is 0. The van der Waals surface area contributed by atoms with Gasteiger partial charge in [0.15, 0.2) is 0 Å². The van der Waals surface area contributed by atoms with Crippen LogP contribution in [-0.4, -0.2) is 46.7 Å². The minimum Gasteiger partial charge on any atom is -0.341 e. The monoisotopic (exact) mass is 346 g/mol. The fourth-order valence-electron chi connectivity index (χ4n) is 4.34. The van der Waals surface area contributed by atoms with Crippen molar-refractivity contribution in [1.82, 2.24) is 9.80 Å². The summed E-state index contributed by atoms with van der Waals surface area (Å²) in [5, 5.41) is 0. The first-order chi connectivity index (χ1) is 11.9. The van der Waals surface area contributed by atoms with Crippen molar-refractivity contribution in [3.63, 3.8) is 0 Å². The van der Waals surface area contributed by atoms with E-state index in [4.69, 9.17) is 0 Å². The van der Waals surface area contributed by atoms with Gasteiger partial charge in [-0.3, -0.25) is 19.3 Å². The van der Waals surface area contributed by atoms with Gasteiger partial charge >= 0.3 is 0 Å². The van der Waals surface area contributed by atoms with Gasteiger partial charge in [-0.2, -0.15) is 0 Å².